The quantitative estimate of drug-likeness (QED) is 0.787. The van der Waals surface area contributed by atoms with Crippen molar-refractivity contribution in [1.82, 2.24) is 5.32 Å². The monoisotopic (exact) mass is 245 g/mol. The van der Waals surface area contributed by atoms with E-state index in [0.717, 1.165) is 18.4 Å². The van der Waals surface area contributed by atoms with E-state index in [1.165, 1.54) is 43.2 Å². The van der Waals surface area contributed by atoms with Gasteiger partial charge in [-0.05, 0) is 68.8 Å². The average Bonchev–Trinajstić information content (AvgIpc) is 2.59. The summed E-state index contributed by atoms with van der Waals surface area (Å²) in [5.74, 6) is 1.58. The highest BCUT2D eigenvalue weighted by Gasteiger charge is 2.24. The highest BCUT2D eigenvalue weighted by Crippen LogP contribution is 2.36. The minimum atomic E-state index is 0.763. The van der Waals surface area contributed by atoms with Gasteiger partial charge in [0.15, 0.2) is 0 Å². The fourth-order valence-electron chi connectivity index (χ4n) is 3.33. The summed E-state index contributed by atoms with van der Waals surface area (Å²) in [6, 6.07) is 7.08. The maximum Gasteiger partial charge on any atom is -0.00177 e. The highest BCUT2D eigenvalue weighted by molar-refractivity contribution is 5.32. The fraction of sp³-hybridized carbons (Fsp3) is 0.647. The molecule has 0 aliphatic heterocycles. The van der Waals surface area contributed by atoms with Gasteiger partial charge >= 0.3 is 0 Å². The lowest BCUT2D eigenvalue weighted by Crippen LogP contribution is -2.24. The van der Waals surface area contributed by atoms with E-state index in [1.807, 2.05) is 0 Å². The molecule has 0 radical (unpaired) electrons. The van der Waals surface area contributed by atoms with Crippen molar-refractivity contribution in [3.8, 4) is 0 Å². The first kappa shape index (κ1) is 13.6. The van der Waals surface area contributed by atoms with Gasteiger partial charge in [-0.25, -0.2) is 0 Å². The van der Waals surface area contributed by atoms with Crippen molar-refractivity contribution in [1.29, 1.82) is 0 Å². The molecule has 1 heteroatoms. The Labute approximate surface area is 112 Å². The molecular formula is C17H27N. The maximum absolute atomic E-state index is 3.39. The van der Waals surface area contributed by atoms with E-state index in [-0.39, 0.29) is 0 Å². The molecule has 2 unspecified atom stereocenters. The van der Waals surface area contributed by atoms with Gasteiger partial charge in [-0.2, -0.15) is 0 Å². The topological polar surface area (TPSA) is 12.0 Å². The molecule has 0 heterocycles. The van der Waals surface area contributed by atoms with Gasteiger partial charge in [0.2, 0.25) is 0 Å². The largest absolute Gasteiger partial charge is 0.319 e. The van der Waals surface area contributed by atoms with Gasteiger partial charge in [-0.15, -0.1) is 0 Å². The molecule has 0 saturated heterocycles. The molecule has 1 aromatic rings. The lowest BCUT2D eigenvalue weighted by Gasteiger charge is -2.26. The van der Waals surface area contributed by atoms with Gasteiger partial charge in [0.1, 0.15) is 0 Å². The minimum absolute atomic E-state index is 0.763. The van der Waals surface area contributed by atoms with Crippen LogP contribution in [-0.2, 0) is 0 Å². The fourth-order valence-corrected chi connectivity index (χ4v) is 3.33. The van der Waals surface area contributed by atoms with Crippen molar-refractivity contribution in [3.63, 3.8) is 0 Å². The summed E-state index contributed by atoms with van der Waals surface area (Å²) in [6.45, 7) is 5.61. The van der Waals surface area contributed by atoms with Crippen molar-refractivity contribution < 1.29 is 0 Å². The second-order valence-electron chi connectivity index (χ2n) is 5.91. The molecule has 1 N–H and O–H groups in total. The van der Waals surface area contributed by atoms with Crippen LogP contribution < -0.4 is 5.32 Å². The molecular weight excluding hydrogens is 218 g/mol. The molecule has 1 aromatic carbocycles. The number of hydrogen-bond acceptors (Lipinski definition) is 1. The van der Waals surface area contributed by atoms with Crippen LogP contribution in [-0.4, -0.2) is 13.6 Å². The third-order valence-corrected chi connectivity index (χ3v) is 4.58. The van der Waals surface area contributed by atoms with E-state index in [9.17, 15) is 0 Å². The second-order valence-corrected chi connectivity index (χ2v) is 5.91. The van der Waals surface area contributed by atoms with Gasteiger partial charge in [0.25, 0.3) is 0 Å². The summed E-state index contributed by atoms with van der Waals surface area (Å²) in [5.41, 5.74) is 4.43. The Kier molecular flexibility index (Phi) is 4.82. The summed E-state index contributed by atoms with van der Waals surface area (Å²) >= 11 is 0. The summed E-state index contributed by atoms with van der Waals surface area (Å²) < 4.78 is 0. The smallest absolute Gasteiger partial charge is 0.00177 e. The van der Waals surface area contributed by atoms with Crippen LogP contribution in [0.25, 0.3) is 0 Å². The van der Waals surface area contributed by atoms with Gasteiger partial charge in [0, 0.05) is 0 Å². The van der Waals surface area contributed by atoms with Crippen molar-refractivity contribution in [2.45, 2.75) is 51.9 Å². The molecule has 0 spiro atoms. The Bertz CT molecular complexity index is 383. The summed E-state index contributed by atoms with van der Waals surface area (Å²) in [5, 5.41) is 3.39. The number of aryl methyl sites for hydroxylation is 2. The van der Waals surface area contributed by atoms with E-state index >= 15 is 0 Å². The molecule has 0 aromatic heterocycles. The highest BCUT2D eigenvalue weighted by atomic mass is 14.8. The van der Waals surface area contributed by atoms with Crippen LogP contribution in [0.1, 0.15) is 54.7 Å². The number of hydrogen-bond donors (Lipinski definition) is 1. The average molecular weight is 245 g/mol. The summed E-state index contributed by atoms with van der Waals surface area (Å²) in [7, 11) is 2.09. The number of benzene rings is 1. The van der Waals surface area contributed by atoms with E-state index in [1.54, 1.807) is 5.56 Å². The zero-order valence-electron chi connectivity index (χ0n) is 12.1. The second kappa shape index (κ2) is 6.38. The molecule has 1 aliphatic rings. The molecule has 2 atom stereocenters. The SMILES string of the molecule is CNCC1CCCCCC1c1ccc(C)c(C)c1. The predicted molar refractivity (Wildman–Crippen MR) is 79.2 cm³/mol. The Balaban J connectivity index is 2.22. The van der Waals surface area contributed by atoms with Crippen molar-refractivity contribution in [3.05, 3.63) is 34.9 Å². The van der Waals surface area contributed by atoms with Crippen LogP contribution in [0.2, 0.25) is 0 Å². The maximum atomic E-state index is 3.39. The minimum Gasteiger partial charge on any atom is -0.319 e. The normalized spacial score (nSPS) is 24.8. The van der Waals surface area contributed by atoms with E-state index in [2.05, 4.69) is 44.4 Å². The van der Waals surface area contributed by atoms with E-state index < -0.39 is 0 Å². The first-order valence-electron chi connectivity index (χ1n) is 7.44. The number of nitrogens with one attached hydrogen (secondary N) is 1. The zero-order chi connectivity index (χ0) is 13.0. The van der Waals surface area contributed by atoms with Crippen LogP contribution in [0.4, 0.5) is 0 Å². The van der Waals surface area contributed by atoms with Crippen molar-refractivity contribution >= 4 is 0 Å². The first-order chi connectivity index (χ1) is 8.72. The molecule has 2 rings (SSSR count). The lowest BCUT2D eigenvalue weighted by molar-refractivity contribution is 0.386. The van der Waals surface area contributed by atoms with Crippen LogP contribution in [0.5, 0.6) is 0 Å². The van der Waals surface area contributed by atoms with E-state index in [0.29, 0.717) is 0 Å². The van der Waals surface area contributed by atoms with E-state index in [4.69, 9.17) is 0 Å². The van der Waals surface area contributed by atoms with Crippen LogP contribution in [0, 0.1) is 19.8 Å². The molecule has 1 nitrogen and oxygen atoms in total. The predicted octanol–water partition coefficient (Wildman–Crippen LogP) is 4.19. The molecule has 1 aliphatic carbocycles. The van der Waals surface area contributed by atoms with Crippen molar-refractivity contribution in [2.75, 3.05) is 13.6 Å². The van der Waals surface area contributed by atoms with Gasteiger partial charge in [-0.1, -0.05) is 37.5 Å². The molecule has 0 bridgehead atoms. The van der Waals surface area contributed by atoms with Crippen LogP contribution in [0.15, 0.2) is 18.2 Å². The first-order valence-corrected chi connectivity index (χ1v) is 7.44. The number of rotatable bonds is 3. The van der Waals surface area contributed by atoms with Gasteiger partial charge in [-0.3, -0.25) is 0 Å². The zero-order valence-corrected chi connectivity index (χ0v) is 12.1. The Hall–Kier alpha value is -0.820. The van der Waals surface area contributed by atoms with Crippen molar-refractivity contribution in [2.24, 2.45) is 5.92 Å². The molecule has 100 valence electrons. The Morgan fingerprint density at radius 3 is 2.56 bits per heavy atom. The standard InChI is InChI=1S/C17H27N/c1-13-9-10-15(11-14(13)2)17-8-6-4-5-7-16(17)12-18-3/h9-11,16-18H,4-8,12H2,1-3H3. The van der Waals surface area contributed by atoms with Gasteiger partial charge in [0.05, 0.1) is 0 Å². The lowest BCUT2D eigenvalue weighted by atomic mass is 9.81. The third-order valence-electron chi connectivity index (χ3n) is 4.58. The summed E-state index contributed by atoms with van der Waals surface area (Å²) in [4.78, 5) is 0. The third kappa shape index (κ3) is 3.14. The summed E-state index contributed by atoms with van der Waals surface area (Å²) in [6.07, 6.45) is 6.99. The molecule has 1 fully saturated rings. The van der Waals surface area contributed by atoms with Crippen LogP contribution >= 0.6 is 0 Å². The van der Waals surface area contributed by atoms with Crippen LogP contribution in [0.3, 0.4) is 0 Å². The molecule has 0 amide bonds. The molecule has 1 saturated carbocycles. The van der Waals surface area contributed by atoms with Gasteiger partial charge < -0.3 is 5.32 Å². The Morgan fingerprint density at radius 2 is 1.83 bits per heavy atom. The Morgan fingerprint density at radius 1 is 1.06 bits per heavy atom. The molecule has 18 heavy (non-hydrogen) atoms.